The van der Waals surface area contributed by atoms with Gasteiger partial charge in [0, 0.05) is 12.6 Å². The van der Waals surface area contributed by atoms with Gasteiger partial charge in [0.25, 0.3) is 0 Å². The highest BCUT2D eigenvalue weighted by Gasteiger charge is 2.42. The summed E-state index contributed by atoms with van der Waals surface area (Å²) in [7, 11) is 0. The lowest BCUT2D eigenvalue weighted by Gasteiger charge is -2.14. The van der Waals surface area contributed by atoms with Crippen LogP contribution in [0.4, 0.5) is 0 Å². The van der Waals surface area contributed by atoms with Crippen molar-refractivity contribution in [1.82, 2.24) is 5.32 Å². The van der Waals surface area contributed by atoms with Crippen molar-refractivity contribution in [2.24, 2.45) is 5.41 Å². The molecule has 0 aromatic heterocycles. The Morgan fingerprint density at radius 3 is 2.67 bits per heavy atom. The Hall–Kier alpha value is 0.310. The first kappa shape index (κ1) is 8.89. The van der Waals surface area contributed by atoms with Crippen LogP contribution in [0.2, 0.25) is 0 Å². The van der Waals surface area contributed by atoms with Gasteiger partial charge < -0.3 is 5.32 Å². The van der Waals surface area contributed by atoms with Crippen LogP contribution < -0.4 is 5.32 Å². The quantitative estimate of drug-likeness (QED) is 0.681. The predicted molar refractivity (Wildman–Crippen MR) is 55.7 cm³/mol. The molecule has 2 fully saturated rings. The van der Waals surface area contributed by atoms with E-state index in [9.17, 15) is 0 Å². The maximum Gasteiger partial charge on any atom is 0.00684 e. The van der Waals surface area contributed by atoms with E-state index in [1.807, 2.05) is 11.8 Å². The fourth-order valence-corrected chi connectivity index (χ4v) is 2.30. The summed E-state index contributed by atoms with van der Waals surface area (Å²) in [6, 6.07) is 0.900. The summed E-state index contributed by atoms with van der Waals surface area (Å²) in [6.07, 6.45) is 9.47. The van der Waals surface area contributed by atoms with E-state index in [4.69, 9.17) is 0 Å². The Bertz CT molecular complexity index is 150. The van der Waals surface area contributed by atoms with Gasteiger partial charge in [-0.05, 0) is 49.5 Å². The highest BCUT2D eigenvalue weighted by molar-refractivity contribution is 7.98. The maximum absolute atomic E-state index is 3.66. The van der Waals surface area contributed by atoms with Gasteiger partial charge in [0.15, 0.2) is 0 Å². The molecule has 2 saturated carbocycles. The number of hydrogen-bond acceptors (Lipinski definition) is 2. The second-order valence-corrected chi connectivity index (χ2v) is 5.38. The fourth-order valence-electron chi connectivity index (χ4n) is 1.66. The summed E-state index contributed by atoms with van der Waals surface area (Å²) >= 11 is 1.99. The van der Waals surface area contributed by atoms with E-state index in [2.05, 4.69) is 11.6 Å². The third-order valence-electron chi connectivity index (χ3n) is 3.14. The van der Waals surface area contributed by atoms with Gasteiger partial charge in [-0.25, -0.2) is 0 Å². The van der Waals surface area contributed by atoms with E-state index >= 15 is 0 Å². The number of rotatable bonds is 6. The van der Waals surface area contributed by atoms with E-state index in [1.165, 1.54) is 44.4 Å². The van der Waals surface area contributed by atoms with Gasteiger partial charge in [-0.15, -0.1) is 0 Å². The first-order valence-electron chi connectivity index (χ1n) is 5.07. The van der Waals surface area contributed by atoms with Crippen molar-refractivity contribution in [1.29, 1.82) is 0 Å². The standard InChI is InChI=1S/C10H19NS/c1-12-7-6-10(4-5-10)8-11-9-2-3-9/h9,11H,2-8H2,1H3. The summed E-state index contributed by atoms with van der Waals surface area (Å²) in [5.41, 5.74) is 0.742. The number of thioether (sulfide) groups is 1. The molecule has 0 spiro atoms. The molecule has 1 nitrogen and oxygen atoms in total. The summed E-state index contributed by atoms with van der Waals surface area (Å²) < 4.78 is 0. The van der Waals surface area contributed by atoms with Crippen LogP contribution in [0.5, 0.6) is 0 Å². The van der Waals surface area contributed by atoms with Gasteiger partial charge >= 0.3 is 0 Å². The van der Waals surface area contributed by atoms with Crippen LogP contribution in [-0.2, 0) is 0 Å². The van der Waals surface area contributed by atoms with Gasteiger partial charge in [0.1, 0.15) is 0 Å². The van der Waals surface area contributed by atoms with Crippen LogP contribution in [0.1, 0.15) is 32.1 Å². The molecule has 0 saturated heterocycles. The molecule has 2 aliphatic rings. The molecule has 0 heterocycles. The average Bonchev–Trinajstić information content (AvgIpc) is 2.95. The molecule has 2 aliphatic carbocycles. The fraction of sp³-hybridized carbons (Fsp3) is 1.00. The molecule has 70 valence electrons. The topological polar surface area (TPSA) is 12.0 Å². The predicted octanol–water partition coefficient (Wildman–Crippen LogP) is 2.27. The van der Waals surface area contributed by atoms with E-state index < -0.39 is 0 Å². The second-order valence-electron chi connectivity index (χ2n) is 4.40. The summed E-state index contributed by atoms with van der Waals surface area (Å²) in [6.45, 7) is 1.30. The van der Waals surface area contributed by atoms with Gasteiger partial charge in [-0.3, -0.25) is 0 Å². The maximum atomic E-state index is 3.66. The lowest BCUT2D eigenvalue weighted by molar-refractivity contribution is 0.445. The zero-order valence-electron chi connectivity index (χ0n) is 7.94. The highest BCUT2D eigenvalue weighted by atomic mass is 32.2. The highest BCUT2D eigenvalue weighted by Crippen LogP contribution is 2.49. The van der Waals surface area contributed by atoms with Crippen molar-refractivity contribution >= 4 is 11.8 Å². The third-order valence-corrected chi connectivity index (χ3v) is 3.75. The Labute approximate surface area is 79.7 Å². The van der Waals surface area contributed by atoms with E-state index in [0.29, 0.717) is 0 Å². The van der Waals surface area contributed by atoms with Crippen molar-refractivity contribution < 1.29 is 0 Å². The van der Waals surface area contributed by atoms with Crippen molar-refractivity contribution in [3.05, 3.63) is 0 Å². The molecule has 1 N–H and O–H groups in total. The van der Waals surface area contributed by atoms with Crippen LogP contribution in [0.3, 0.4) is 0 Å². The first-order chi connectivity index (χ1) is 5.85. The minimum absolute atomic E-state index is 0.742. The SMILES string of the molecule is CSCCC1(CNC2CC2)CC1. The van der Waals surface area contributed by atoms with E-state index in [0.717, 1.165) is 11.5 Å². The molecular formula is C10H19NS. The zero-order chi connectivity index (χ0) is 8.44. The van der Waals surface area contributed by atoms with Crippen molar-refractivity contribution in [2.75, 3.05) is 18.6 Å². The molecule has 0 amide bonds. The third kappa shape index (κ3) is 2.40. The number of nitrogens with one attached hydrogen (secondary N) is 1. The Balaban J connectivity index is 1.62. The largest absolute Gasteiger partial charge is 0.313 e. The average molecular weight is 185 g/mol. The van der Waals surface area contributed by atoms with Gasteiger partial charge in [0.2, 0.25) is 0 Å². The molecule has 2 rings (SSSR count). The smallest absolute Gasteiger partial charge is 0.00684 e. The molecule has 0 radical (unpaired) electrons. The minimum atomic E-state index is 0.742. The van der Waals surface area contributed by atoms with Crippen LogP contribution >= 0.6 is 11.8 Å². The normalized spacial score (nSPS) is 25.8. The zero-order valence-corrected chi connectivity index (χ0v) is 8.75. The molecule has 0 aromatic rings. The molecule has 12 heavy (non-hydrogen) atoms. The molecule has 0 aromatic carbocycles. The van der Waals surface area contributed by atoms with Crippen LogP contribution in [-0.4, -0.2) is 24.6 Å². The van der Waals surface area contributed by atoms with Gasteiger partial charge in [-0.2, -0.15) is 11.8 Å². The van der Waals surface area contributed by atoms with Crippen LogP contribution in [0.25, 0.3) is 0 Å². The summed E-state index contributed by atoms with van der Waals surface area (Å²) in [4.78, 5) is 0. The summed E-state index contributed by atoms with van der Waals surface area (Å²) in [5.74, 6) is 1.35. The van der Waals surface area contributed by atoms with Crippen molar-refractivity contribution in [3.8, 4) is 0 Å². The molecular weight excluding hydrogens is 166 g/mol. The Morgan fingerprint density at radius 1 is 1.42 bits per heavy atom. The molecule has 0 bridgehead atoms. The lowest BCUT2D eigenvalue weighted by Crippen LogP contribution is -2.26. The number of hydrogen-bond donors (Lipinski definition) is 1. The monoisotopic (exact) mass is 185 g/mol. The van der Waals surface area contributed by atoms with Crippen molar-refractivity contribution in [3.63, 3.8) is 0 Å². The lowest BCUT2D eigenvalue weighted by atomic mass is 10.0. The van der Waals surface area contributed by atoms with Crippen molar-refractivity contribution in [2.45, 2.75) is 38.1 Å². The second kappa shape index (κ2) is 3.59. The molecule has 0 atom stereocenters. The van der Waals surface area contributed by atoms with Gasteiger partial charge in [0.05, 0.1) is 0 Å². The minimum Gasteiger partial charge on any atom is -0.313 e. The first-order valence-corrected chi connectivity index (χ1v) is 6.46. The molecule has 0 aliphatic heterocycles. The Kier molecular flexibility index (Phi) is 2.66. The molecule has 2 heteroatoms. The van der Waals surface area contributed by atoms with Gasteiger partial charge in [-0.1, -0.05) is 0 Å². The molecule has 0 unspecified atom stereocenters. The van der Waals surface area contributed by atoms with E-state index in [-0.39, 0.29) is 0 Å². The Morgan fingerprint density at radius 2 is 2.17 bits per heavy atom. The summed E-state index contributed by atoms with van der Waals surface area (Å²) in [5, 5.41) is 3.66. The van der Waals surface area contributed by atoms with Crippen LogP contribution in [0, 0.1) is 5.41 Å². The van der Waals surface area contributed by atoms with Crippen LogP contribution in [0.15, 0.2) is 0 Å². The van der Waals surface area contributed by atoms with E-state index in [1.54, 1.807) is 0 Å².